The summed E-state index contributed by atoms with van der Waals surface area (Å²) in [5.41, 5.74) is 4.74. The van der Waals surface area contributed by atoms with Crippen LogP contribution in [0.1, 0.15) is 21.5 Å². The van der Waals surface area contributed by atoms with Crippen molar-refractivity contribution in [2.24, 2.45) is 5.10 Å². The highest BCUT2D eigenvalue weighted by molar-refractivity contribution is 5.94. The van der Waals surface area contributed by atoms with Gasteiger partial charge >= 0.3 is 0 Å². The predicted octanol–water partition coefficient (Wildman–Crippen LogP) is 3.43. The van der Waals surface area contributed by atoms with Crippen molar-refractivity contribution < 1.29 is 14.3 Å². The minimum Gasteiger partial charge on any atom is -0.493 e. The number of ether oxygens (including phenoxy) is 2. The van der Waals surface area contributed by atoms with Crippen LogP contribution in [0, 0.1) is 0 Å². The van der Waals surface area contributed by atoms with Crippen LogP contribution in [-0.4, -0.2) is 24.2 Å². The second-order valence-corrected chi connectivity index (χ2v) is 5.63. The third kappa shape index (κ3) is 5.15. The molecule has 0 aliphatic carbocycles. The average molecular weight is 361 g/mol. The first-order valence-corrected chi connectivity index (χ1v) is 8.34. The van der Waals surface area contributed by atoms with Gasteiger partial charge in [0.2, 0.25) is 0 Å². The Morgan fingerprint density at radius 2 is 1.96 bits per heavy atom. The second-order valence-electron chi connectivity index (χ2n) is 5.63. The third-order valence-corrected chi connectivity index (χ3v) is 3.73. The van der Waals surface area contributed by atoms with Crippen LogP contribution in [0.15, 0.2) is 78.2 Å². The molecule has 0 unspecified atom stereocenters. The number of nitrogens with one attached hydrogen (secondary N) is 1. The van der Waals surface area contributed by atoms with Crippen LogP contribution < -0.4 is 14.9 Å². The molecule has 1 N–H and O–H groups in total. The predicted molar refractivity (Wildman–Crippen MR) is 103 cm³/mol. The normalized spacial score (nSPS) is 10.6. The number of hydrogen-bond acceptors (Lipinski definition) is 5. The number of carbonyl (C=O) groups is 1. The van der Waals surface area contributed by atoms with E-state index in [-0.39, 0.29) is 5.91 Å². The van der Waals surface area contributed by atoms with E-state index in [1.54, 1.807) is 37.7 Å². The maximum Gasteiger partial charge on any atom is 0.272 e. The molecule has 0 radical (unpaired) electrons. The number of hydrazone groups is 1. The van der Waals surface area contributed by atoms with Gasteiger partial charge in [-0.3, -0.25) is 9.78 Å². The van der Waals surface area contributed by atoms with Crippen LogP contribution in [-0.2, 0) is 6.61 Å². The van der Waals surface area contributed by atoms with Crippen LogP contribution >= 0.6 is 0 Å². The molecule has 6 nitrogen and oxygen atoms in total. The van der Waals surface area contributed by atoms with Crippen molar-refractivity contribution in [1.29, 1.82) is 0 Å². The minimum absolute atomic E-state index is 0.326. The number of aromatic nitrogens is 1. The Morgan fingerprint density at radius 3 is 2.70 bits per heavy atom. The van der Waals surface area contributed by atoms with Gasteiger partial charge in [0.1, 0.15) is 6.61 Å². The van der Waals surface area contributed by atoms with Gasteiger partial charge in [-0.05, 0) is 41.5 Å². The highest BCUT2D eigenvalue weighted by Gasteiger charge is 2.06. The summed E-state index contributed by atoms with van der Waals surface area (Å²) in [4.78, 5) is 15.9. The van der Waals surface area contributed by atoms with E-state index >= 15 is 0 Å². The Hall–Kier alpha value is -3.67. The number of rotatable bonds is 7. The van der Waals surface area contributed by atoms with E-state index in [0.29, 0.717) is 23.7 Å². The van der Waals surface area contributed by atoms with Crippen LogP contribution in [0.5, 0.6) is 11.5 Å². The molecule has 1 aromatic heterocycles. The van der Waals surface area contributed by atoms with Crippen molar-refractivity contribution >= 4 is 12.1 Å². The molecule has 2 aromatic carbocycles. The largest absolute Gasteiger partial charge is 0.493 e. The van der Waals surface area contributed by atoms with Crippen molar-refractivity contribution in [3.8, 4) is 11.5 Å². The van der Waals surface area contributed by atoms with Crippen molar-refractivity contribution in [3.63, 3.8) is 0 Å². The Labute approximate surface area is 157 Å². The number of nitrogens with zero attached hydrogens (tertiary/aromatic N) is 2. The fraction of sp³-hybridized carbons (Fsp3) is 0.0952. The van der Waals surface area contributed by atoms with Crippen molar-refractivity contribution in [3.05, 3.63) is 89.7 Å². The molecule has 1 heterocycles. The van der Waals surface area contributed by atoms with Crippen molar-refractivity contribution in [1.82, 2.24) is 10.4 Å². The van der Waals surface area contributed by atoms with Crippen LogP contribution in [0.4, 0.5) is 0 Å². The Balaban J connectivity index is 1.66. The first-order valence-electron chi connectivity index (χ1n) is 8.34. The van der Waals surface area contributed by atoms with Gasteiger partial charge in [-0.15, -0.1) is 0 Å². The van der Waals surface area contributed by atoms with Crippen molar-refractivity contribution in [2.75, 3.05) is 7.11 Å². The molecule has 0 spiro atoms. The van der Waals surface area contributed by atoms with Crippen molar-refractivity contribution in [2.45, 2.75) is 6.61 Å². The molecule has 0 saturated carbocycles. The maximum absolute atomic E-state index is 12.0. The van der Waals surface area contributed by atoms with Gasteiger partial charge in [-0.1, -0.05) is 30.3 Å². The molecule has 1 amide bonds. The van der Waals surface area contributed by atoms with Gasteiger partial charge in [0.25, 0.3) is 5.91 Å². The topological polar surface area (TPSA) is 72.8 Å². The molecule has 6 heteroatoms. The Bertz CT molecular complexity index is 912. The Kier molecular flexibility index (Phi) is 6.14. The summed E-state index contributed by atoms with van der Waals surface area (Å²) in [7, 11) is 1.59. The van der Waals surface area contributed by atoms with E-state index in [0.717, 1.165) is 11.1 Å². The summed E-state index contributed by atoms with van der Waals surface area (Å²) in [6, 6.07) is 18.7. The minimum atomic E-state index is -0.326. The number of pyridine rings is 1. The van der Waals surface area contributed by atoms with Gasteiger partial charge < -0.3 is 9.47 Å². The molecule has 0 bridgehead atoms. The molecule has 3 aromatic rings. The van der Waals surface area contributed by atoms with E-state index in [1.165, 1.54) is 6.20 Å². The lowest BCUT2D eigenvalue weighted by Crippen LogP contribution is -2.17. The average Bonchev–Trinajstić information content (AvgIpc) is 2.73. The summed E-state index contributed by atoms with van der Waals surface area (Å²) in [6.07, 6.45) is 4.63. The lowest BCUT2D eigenvalue weighted by molar-refractivity contribution is 0.0955. The SMILES string of the molecule is COc1ccc(C=NNC(=O)c2cccnc2)cc1OCc1ccccc1. The van der Waals surface area contributed by atoms with Gasteiger partial charge in [0, 0.05) is 12.4 Å². The number of methoxy groups -OCH3 is 1. The van der Waals surface area contributed by atoms with Crippen LogP contribution in [0.25, 0.3) is 0 Å². The van der Waals surface area contributed by atoms with E-state index in [4.69, 9.17) is 9.47 Å². The zero-order valence-electron chi connectivity index (χ0n) is 14.8. The monoisotopic (exact) mass is 361 g/mol. The smallest absolute Gasteiger partial charge is 0.272 e. The van der Waals surface area contributed by atoms with Gasteiger partial charge in [-0.2, -0.15) is 5.10 Å². The fourth-order valence-corrected chi connectivity index (χ4v) is 2.35. The van der Waals surface area contributed by atoms with E-state index in [9.17, 15) is 4.79 Å². The first-order chi connectivity index (χ1) is 13.3. The van der Waals surface area contributed by atoms with Crippen LogP contribution in [0.2, 0.25) is 0 Å². The van der Waals surface area contributed by atoms with Gasteiger partial charge in [0.15, 0.2) is 11.5 Å². The van der Waals surface area contributed by atoms with E-state index < -0.39 is 0 Å². The zero-order chi connectivity index (χ0) is 18.9. The molecule has 0 atom stereocenters. The number of hydrogen-bond donors (Lipinski definition) is 1. The molecule has 3 rings (SSSR count). The van der Waals surface area contributed by atoms with Gasteiger partial charge in [-0.25, -0.2) is 5.43 Å². The summed E-state index contributed by atoms with van der Waals surface area (Å²) < 4.78 is 11.2. The lowest BCUT2D eigenvalue weighted by atomic mass is 10.2. The highest BCUT2D eigenvalue weighted by atomic mass is 16.5. The Morgan fingerprint density at radius 1 is 1.11 bits per heavy atom. The molecular weight excluding hydrogens is 342 g/mol. The fourth-order valence-electron chi connectivity index (χ4n) is 2.35. The van der Waals surface area contributed by atoms with E-state index in [1.807, 2.05) is 42.5 Å². The van der Waals surface area contributed by atoms with E-state index in [2.05, 4.69) is 15.5 Å². The summed E-state index contributed by atoms with van der Waals surface area (Å²) in [5.74, 6) is 0.903. The standard InChI is InChI=1S/C21H19N3O3/c1-26-19-10-9-17(12-20(19)27-15-16-6-3-2-4-7-16)13-23-24-21(25)18-8-5-11-22-14-18/h2-14H,15H2,1H3,(H,24,25). The highest BCUT2D eigenvalue weighted by Crippen LogP contribution is 2.28. The third-order valence-electron chi connectivity index (χ3n) is 3.73. The molecule has 0 saturated heterocycles. The summed E-state index contributed by atoms with van der Waals surface area (Å²) in [5, 5.41) is 3.98. The van der Waals surface area contributed by atoms with Gasteiger partial charge in [0.05, 0.1) is 18.9 Å². The number of benzene rings is 2. The lowest BCUT2D eigenvalue weighted by Gasteiger charge is -2.11. The molecule has 0 fully saturated rings. The quantitative estimate of drug-likeness (QED) is 0.517. The summed E-state index contributed by atoms with van der Waals surface area (Å²) >= 11 is 0. The molecular formula is C21H19N3O3. The second kappa shape index (κ2) is 9.15. The summed E-state index contributed by atoms with van der Waals surface area (Å²) in [6.45, 7) is 0.426. The first kappa shape index (κ1) is 18.1. The molecule has 0 aliphatic heterocycles. The maximum atomic E-state index is 12.0. The number of amides is 1. The molecule has 136 valence electrons. The zero-order valence-corrected chi connectivity index (χ0v) is 14.8. The number of carbonyl (C=O) groups excluding carboxylic acids is 1. The van der Waals surface area contributed by atoms with Crippen LogP contribution in [0.3, 0.4) is 0 Å². The molecule has 0 aliphatic rings. The molecule has 27 heavy (non-hydrogen) atoms.